The highest BCUT2D eigenvalue weighted by Crippen LogP contribution is 2.21. The van der Waals surface area contributed by atoms with E-state index >= 15 is 0 Å². The van der Waals surface area contributed by atoms with E-state index in [0.717, 1.165) is 63.1 Å². The third-order valence-electron chi connectivity index (χ3n) is 5.85. The largest absolute Gasteiger partial charge is 0.359 e. The van der Waals surface area contributed by atoms with Crippen molar-refractivity contribution in [1.29, 1.82) is 0 Å². The summed E-state index contributed by atoms with van der Waals surface area (Å²) in [6.07, 6.45) is 2.09. The Balaban J connectivity index is 1.43. The minimum atomic E-state index is 0.274. The van der Waals surface area contributed by atoms with Crippen molar-refractivity contribution in [3.63, 3.8) is 0 Å². The number of rotatable bonds is 5. The highest BCUT2D eigenvalue weighted by molar-refractivity contribution is 5.80. The van der Waals surface area contributed by atoms with Gasteiger partial charge in [0.05, 0.1) is 18.8 Å². The summed E-state index contributed by atoms with van der Waals surface area (Å²) in [6, 6.07) is 1.98. The molecule has 2 unspecified atom stereocenters. The second kappa shape index (κ2) is 10.1. The van der Waals surface area contributed by atoms with Crippen molar-refractivity contribution in [3.05, 3.63) is 17.5 Å². The number of piperidine rings is 1. The maximum atomic E-state index is 12.7. The number of aryl methyl sites for hydroxylation is 1. The molecule has 1 N–H and O–H groups in total. The number of likely N-dealkylation sites (tertiary alicyclic amines) is 1. The van der Waals surface area contributed by atoms with Gasteiger partial charge in [0, 0.05) is 52.4 Å². The summed E-state index contributed by atoms with van der Waals surface area (Å²) in [5.74, 6) is 3.16. The van der Waals surface area contributed by atoms with Crippen molar-refractivity contribution in [2.75, 3.05) is 52.9 Å². The Morgan fingerprint density at radius 3 is 2.48 bits per heavy atom. The fourth-order valence-electron chi connectivity index (χ4n) is 4.38. The van der Waals surface area contributed by atoms with Gasteiger partial charge in [0.15, 0.2) is 11.7 Å². The lowest BCUT2D eigenvalue weighted by molar-refractivity contribution is -0.135. The predicted octanol–water partition coefficient (Wildman–Crippen LogP) is 1.43. The molecule has 0 aromatic carbocycles. The number of aromatic nitrogens is 1. The molecule has 1 amide bonds. The van der Waals surface area contributed by atoms with Crippen LogP contribution < -0.4 is 5.32 Å². The number of hydrogen-bond acceptors (Lipinski definition) is 5. The monoisotopic (exact) mass is 404 g/mol. The number of nitrogens with zero attached hydrogens (tertiary/aromatic N) is 5. The highest BCUT2D eigenvalue weighted by Gasteiger charge is 2.28. The Bertz CT molecular complexity index is 685. The molecule has 0 bridgehead atoms. The van der Waals surface area contributed by atoms with E-state index in [4.69, 9.17) is 4.52 Å². The Morgan fingerprint density at radius 2 is 1.90 bits per heavy atom. The first-order valence-corrected chi connectivity index (χ1v) is 10.9. The van der Waals surface area contributed by atoms with Crippen LogP contribution in [0.1, 0.15) is 38.6 Å². The minimum Gasteiger partial charge on any atom is -0.359 e. The van der Waals surface area contributed by atoms with Crippen LogP contribution in [0, 0.1) is 11.8 Å². The molecule has 2 fully saturated rings. The van der Waals surface area contributed by atoms with Crippen LogP contribution in [0.4, 0.5) is 0 Å². The average Bonchev–Trinajstić information content (AvgIpc) is 3.17. The molecule has 0 aliphatic carbocycles. The zero-order valence-electron chi connectivity index (χ0n) is 18.4. The van der Waals surface area contributed by atoms with Gasteiger partial charge in [-0.05, 0) is 24.7 Å². The highest BCUT2D eigenvalue weighted by atomic mass is 16.5. The normalized spacial score (nSPS) is 24.1. The summed E-state index contributed by atoms with van der Waals surface area (Å²) < 4.78 is 5.33. The van der Waals surface area contributed by atoms with Gasteiger partial charge in [-0.15, -0.1) is 0 Å². The molecule has 29 heavy (non-hydrogen) atoms. The molecular formula is C21H36N6O2. The number of amides is 1. The van der Waals surface area contributed by atoms with Gasteiger partial charge in [0.2, 0.25) is 5.91 Å². The van der Waals surface area contributed by atoms with Gasteiger partial charge in [-0.25, -0.2) is 0 Å². The van der Waals surface area contributed by atoms with Gasteiger partial charge in [-0.1, -0.05) is 25.9 Å². The van der Waals surface area contributed by atoms with E-state index in [0.29, 0.717) is 24.9 Å². The quantitative estimate of drug-likeness (QED) is 0.591. The third-order valence-corrected chi connectivity index (χ3v) is 5.85. The lowest BCUT2D eigenvalue weighted by Gasteiger charge is -2.39. The first-order valence-electron chi connectivity index (χ1n) is 10.9. The molecule has 0 saturated carbocycles. The molecule has 8 heteroatoms. The lowest BCUT2D eigenvalue weighted by Crippen LogP contribution is -2.55. The summed E-state index contributed by atoms with van der Waals surface area (Å²) in [5.41, 5.74) is 0.965. The number of carbonyl (C=O) groups excluding carboxylic acids is 1. The van der Waals surface area contributed by atoms with Crippen molar-refractivity contribution < 1.29 is 9.32 Å². The molecule has 0 radical (unpaired) electrons. The maximum Gasteiger partial charge on any atom is 0.236 e. The molecule has 2 aliphatic rings. The van der Waals surface area contributed by atoms with Crippen LogP contribution in [0.15, 0.2) is 15.6 Å². The molecule has 2 saturated heterocycles. The number of piperazine rings is 1. The predicted molar refractivity (Wildman–Crippen MR) is 114 cm³/mol. The van der Waals surface area contributed by atoms with Crippen molar-refractivity contribution in [3.8, 4) is 0 Å². The van der Waals surface area contributed by atoms with Gasteiger partial charge in [0.1, 0.15) is 0 Å². The molecule has 1 aromatic heterocycles. The maximum absolute atomic E-state index is 12.7. The molecule has 162 valence electrons. The second-order valence-corrected chi connectivity index (χ2v) is 8.55. The summed E-state index contributed by atoms with van der Waals surface area (Å²) in [6.45, 7) is 12.9. The third kappa shape index (κ3) is 5.95. The van der Waals surface area contributed by atoms with E-state index in [1.807, 2.05) is 6.07 Å². The lowest BCUT2D eigenvalue weighted by atomic mass is 9.92. The first kappa shape index (κ1) is 21.6. The fourth-order valence-corrected chi connectivity index (χ4v) is 4.38. The Labute approximate surface area is 174 Å². The summed E-state index contributed by atoms with van der Waals surface area (Å²) >= 11 is 0. The van der Waals surface area contributed by atoms with Crippen molar-refractivity contribution >= 4 is 11.9 Å². The number of hydrogen-bond donors (Lipinski definition) is 1. The summed E-state index contributed by atoms with van der Waals surface area (Å²) in [7, 11) is 1.80. The van der Waals surface area contributed by atoms with Crippen LogP contribution in [0.3, 0.4) is 0 Å². The number of guanidine groups is 1. The molecule has 2 aliphatic heterocycles. The topological polar surface area (TPSA) is 77.2 Å². The van der Waals surface area contributed by atoms with Gasteiger partial charge in [-0.2, -0.15) is 0 Å². The standard InChI is InChI=1S/C21H36N6O2/c1-5-18-11-19(29-24-18)12-23-21(22-4)26-8-6-25(7-9-26)15-20(28)27-13-16(2)10-17(3)14-27/h11,16-17H,5-10,12-15H2,1-4H3,(H,22,23). The van der Waals surface area contributed by atoms with E-state index in [1.165, 1.54) is 6.42 Å². The van der Waals surface area contributed by atoms with Crippen LogP contribution in [0.5, 0.6) is 0 Å². The SMILES string of the molecule is CCc1cc(CNC(=NC)N2CCN(CC(=O)N3CC(C)CC(C)C3)CC2)on1. The van der Waals surface area contributed by atoms with Gasteiger partial charge in [-0.3, -0.25) is 14.7 Å². The molecule has 1 aromatic rings. The van der Waals surface area contributed by atoms with Crippen LogP contribution in [0.25, 0.3) is 0 Å². The van der Waals surface area contributed by atoms with Crippen LogP contribution in [-0.2, 0) is 17.8 Å². The first-order chi connectivity index (χ1) is 14.0. The van der Waals surface area contributed by atoms with Crippen LogP contribution in [-0.4, -0.2) is 84.6 Å². The zero-order chi connectivity index (χ0) is 20.8. The minimum absolute atomic E-state index is 0.274. The molecule has 3 rings (SSSR count). The van der Waals surface area contributed by atoms with Gasteiger partial charge >= 0.3 is 0 Å². The molecule has 8 nitrogen and oxygen atoms in total. The van der Waals surface area contributed by atoms with Crippen molar-refractivity contribution in [1.82, 2.24) is 25.2 Å². The average molecular weight is 405 g/mol. The van der Waals surface area contributed by atoms with Crippen molar-refractivity contribution in [2.45, 2.75) is 40.2 Å². The number of nitrogens with one attached hydrogen (secondary N) is 1. The van der Waals surface area contributed by atoms with Crippen LogP contribution in [0.2, 0.25) is 0 Å². The van der Waals surface area contributed by atoms with E-state index in [2.05, 4.69) is 50.9 Å². The Kier molecular flexibility index (Phi) is 7.52. The van der Waals surface area contributed by atoms with Gasteiger partial charge < -0.3 is 19.6 Å². The number of carbonyl (C=O) groups is 1. The zero-order valence-corrected chi connectivity index (χ0v) is 18.4. The molecule has 0 spiro atoms. The van der Waals surface area contributed by atoms with Crippen molar-refractivity contribution in [2.24, 2.45) is 16.8 Å². The summed E-state index contributed by atoms with van der Waals surface area (Å²) in [4.78, 5) is 23.7. The summed E-state index contributed by atoms with van der Waals surface area (Å²) in [5, 5.41) is 7.38. The van der Waals surface area contributed by atoms with E-state index in [-0.39, 0.29) is 5.91 Å². The Hall–Kier alpha value is -2.09. The number of aliphatic imine (C=N–C) groups is 1. The fraction of sp³-hybridized carbons (Fsp3) is 0.762. The van der Waals surface area contributed by atoms with E-state index < -0.39 is 0 Å². The molecule has 3 heterocycles. The molecular weight excluding hydrogens is 368 g/mol. The van der Waals surface area contributed by atoms with E-state index in [9.17, 15) is 4.79 Å². The Morgan fingerprint density at radius 1 is 1.21 bits per heavy atom. The van der Waals surface area contributed by atoms with Crippen LogP contribution >= 0.6 is 0 Å². The van der Waals surface area contributed by atoms with Gasteiger partial charge in [0.25, 0.3) is 0 Å². The molecule has 2 atom stereocenters. The smallest absolute Gasteiger partial charge is 0.236 e. The van der Waals surface area contributed by atoms with E-state index in [1.54, 1.807) is 7.05 Å². The second-order valence-electron chi connectivity index (χ2n) is 8.55.